The Bertz CT molecular complexity index is 587. The van der Waals surface area contributed by atoms with E-state index in [1.807, 2.05) is 12.3 Å². The molecule has 0 spiro atoms. The average molecular weight is 232 g/mol. The zero-order chi connectivity index (χ0) is 11.8. The summed E-state index contributed by atoms with van der Waals surface area (Å²) in [7, 11) is 0. The third-order valence-electron chi connectivity index (χ3n) is 3.00. The van der Waals surface area contributed by atoms with Gasteiger partial charge in [0.2, 0.25) is 0 Å². The van der Waals surface area contributed by atoms with Crippen molar-refractivity contribution in [2.24, 2.45) is 5.73 Å². The monoisotopic (exact) mass is 232 g/mol. The standard InChI is InChI=1S/C12H13FN4/c13-8-4-10-11(6-16-12(10)15-5-8)17-3-1-2-9(14)7-17/h2,4-6H,1,3,7,14H2,(H,15,16). The molecule has 2 aromatic rings. The summed E-state index contributed by atoms with van der Waals surface area (Å²) in [5.41, 5.74) is 8.35. The summed E-state index contributed by atoms with van der Waals surface area (Å²) in [4.78, 5) is 9.19. The number of rotatable bonds is 1. The van der Waals surface area contributed by atoms with Crippen molar-refractivity contribution in [2.45, 2.75) is 6.42 Å². The molecular weight excluding hydrogens is 219 g/mol. The van der Waals surface area contributed by atoms with Crippen molar-refractivity contribution < 1.29 is 4.39 Å². The topological polar surface area (TPSA) is 57.9 Å². The van der Waals surface area contributed by atoms with Crippen molar-refractivity contribution in [1.82, 2.24) is 9.97 Å². The van der Waals surface area contributed by atoms with Crippen LogP contribution in [0.2, 0.25) is 0 Å². The van der Waals surface area contributed by atoms with Crippen LogP contribution < -0.4 is 10.6 Å². The summed E-state index contributed by atoms with van der Waals surface area (Å²) in [6.07, 6.45) is 6.02. The quantitative estimate of drug-likeness (QED) is 0.787. The molecule has 4 nitrogen and oxygen atoms in total. The Morgan fingerprint density at radius 1 is 1.47 bits per heavy atom. The maximum Gasteiger partial charge on any atom is 0.142 e. The smallest absolute Gasteiger partial charge is 0.142 e. The molecule has 0 aromatic carbocycles. The summed E-state index contributed by atoms with van der Waals surface area (Å²) in [5, 5.41) is 0.805. The number of hydrogen-bond donors (Lipinski definition) is 2. The van der Waals surface area contributed by atoms with Crippen molar-refractivity contribution in [3.63, 3.8) is 0 Å². The number of H-pyrrole nitrogens is 1. The fourth-order valence-corrected chi connectivity index (χ4v) is 2.20. The SMILES string of the molecule is NC1=CCCN(c2c[nH]c3ncc(F)cc23)C1. The van der Waals surface area contributed by atoms with Crippen molar-refractivity contribution in [3.05, 3.63) is 36.1 Å². The van der Waals surface area contributed by atoms with E-state index in [1.165, 1.54) is 12.3 Å². The molecule has 0 amide bonds. The molecule has 0 unspecified atom stereocenters. The Morgan fingerprint density at radius 2 is 2.35 bits per heavy atom. The van der Waals surface area contributed by atoms with Crippen molar-refractivity contribution in [3.8, 4) is 0 Å². The number of aromatic amines is 1. The van der Waals surface area contributed by atoms with Crippen LogP contribution in [0.1, 0.15) is 6.42 Å². The van der Waals surface area contributed by atoms with E-state index < -0.39 is 0 Å². The minimum absolute atomic E-state index is 0.320. The van der Waals surface area contributed by atoms with Crippen LogP contribution in [0.3, 0.4) is 0 Å². The first-order valence-corrected chi connectivity index (χ1v) is 5.56. The molecule has 3 N–H and O–H groups in total. The lowest BCUT2D eigenvalue weighted by atomic mass is 10.2. The highest BCUT2D eigenvalue weighted by Crippen LogP contribution is 2.27. The first-order valence-electron chi connectivity index (χ1n) is 5.56. The van der Waals surface area contributed by atoms with E-state index in [9.17, 15) is 4.39 Å². The van der Waals surface area contributed by atoms with Crippen LogP contribution in [0.4, 0.5) is 10.1 Å². The molecular formula is C12H13FN4. The number of halogens is 1. The summed E-state index contributed by atoms with van der Waals surface area (Å²) >= 11 is 0. The fraction of sp³-hybridized carbons (Fsp3) is 0.250. The van der Waals surface area contributed by atoms with E-state index in [0.29, 0.717) is 12.2 Å². The second kappa shape index (κ2) is 3.76. The molecule has 1 aliphatic rings. The molecule has 88 valence electrons. The van der Waals surface area contributed by atoms with Gasteiger partial charge in [0.1, 0.15) is 11.5 Å². The number of fused-ring (bicyclic) bond motifs is 1. The van der Waals surface area contributed by atoms with Gasteiger partial charge < -0.3 is 15.6 Å². The number of aromatic nitrogens is 2. The molecule has 0 saturated heterocycles. The minimum atomic E-state index is -0.320. The van der Waals surface area contributed by atoms with E-state index >= 15 is 0 Å². The molecule has 0 aliphatic carbocycles. The average Bonchev–Trinajstić information content (AvgIpc) is 2.71. The first-order chi connectivity index (χ1) is 8.24. The number of nitrogens with one attached hydrogen (secondary N) is 1. The van der Waals surface area contributed by atoms with Crippen molar-refractivity contribution in [1.29, 1.82) is 0 Å². The Hall–Kier alpha value is -2.04. The largest absolute Gasteiger partial charge is 0.401 e. The molecule has 17 heavy (non-hydrogen) atoms. The maximum atomic E-state index is 13.2. The van der Waals surface area contributed by atoms with E-state index in [2.05, 4.69) is 14.9 Å². The Morgan fingerprint density at radius 3 is 3.18 bits per heavy atom. The van der Waals surface area contributed by atoms with Gasteiger partial charge in [-0.1, -0.05) is 6.08 Å². The van der Waals surface area contributed by atoms with Crippen LogP contribution in [0.25, 0.3) is 11.0 Å². The zero-order valence-electron chi connectivity index (χ0n) is 9.28. The first kappa shape index (κ1) is 10.1. The Kier molecular flexibility index (Phi) is 2.24. The molecule has 5 heteroatoms. The third-order valence-corrected chi connectivity index (χ3v) is 3.00. The van der Waals surface area contributed by atoms with Gasteiger partial charge in [0.05, 0.1) is 18.4 Å². The van der Waals surface area contributed by atoms with Crippen LogP contribution in [0, 0.1) is 5.82 Å². The number of nitrogens with zero attached hydrogens (tertiary/aromatic N) is 2. The zero-order valence-corrected chi connectivity index (χ0v) is 9.28. The van der Waals surface area contributed by atoms with E-state index in [0.717, 1.165) is 29.7 Å². The van der Waals surface area contributed by atoms with Gasteiger partial charge in [0, 0.05) is 23.8 Å². The van der Waals surface area contributed by atoms with Gasteiger partial charge in [-0.05, 0) is 12.5 Å². The van der Waals surface area contributed by atoms with Gasteiger partial charge in [0.25, 0.3) is 0 Å². The molecule has 2 aromatic heterocycles. The third kappa shape index (κ3) is 1.73. The summed E-state index contributed by atoms with van der Waals surface area (Å²) < 4.78 is 13.2. The van der Waals surface area contributed by atoms with Gasteiger partial charge in [0.15, 0.2) is 0 Å². The molecule has 0 saturated carbocycles. The van der Waals surface area contributed by atoms with Gasteiger partial charge in [-0.2, -0.15) is 0 Å². The van der Waals surface area contributed by atoms with Crippen LogP contribution in [-0.4, -0.2) is 23.1 Å². The lowest BCUT2D eigenvalue weighted by molar-refractivity contribution is 0.624. The van der Waals surface area contributed by atoms with Gasteiger partial charge in [-0.15, -0.1) is 0 Å². The number of pyridine rings is 1. The highest BCUT2D eigenvalue weighted by atomic mass is 19.1. The van der Waals surface area contributed by atoms with E-state index in [4.69, 9.17) is 5.73 Å². The molecule has 0 radical (unpaired) electrons. The second-order valence-corrected chi connectivity index (χ2v) is 4.21. The predicted molar refractivity (Wildman–Crippen MR) is 65.2 cm³/mol. The van der Waals surface area contributed by atoms with Gasteiger partial charge in [-0.3, -0.25) is 0 Å². The summed E-state index contributed by atoms with van der Waals surface area (Å²) in [5.74, 6) is -0.320. The highest BCUT2D eigenvalue weighted by Gasteiger charge is 2.15. The van der Waals surface area contributed by atoms with Crippen molar-refractivity contribution in [2.75, 3.05) is 18.0 Å². The molecule has 0 bridgehead atoms. The van der Waals surface area contributed by atoms with Gasteiger partial charge in [-0.25, -0.2) is 9.37 Å². The van der Waals surface area contributed by atoms with Crippen LogP contribution in [0.15, 0.2) is 30.2 Å². The summed E-state index contributed by atoms with van der Waals surface area (Å²) in [6.45, 7) is 1.58. The van der Waals surface area contributed by atoms with Crippen molar-refractivity contribution >= 4 is 16.7 Å². The molecule has 1 aliphatic heterocycles. The van der Waals surface area contributed by atoms with E-state index in [-0.39, 0.29) is 5.82 Å². The lowest BCUT2D eigenvalue weighted by Crippen LogP contribution is -2.32. The highest BCUT2D eigenvalue weighted by molar-refractivity contribution is 5.90. The number of hydrogen-bond acceptors (Lipinski definition) is 3. The lowest BCUT2D eigenvalue weighted by Gasteiger charge is -2.27. The number of nitrogens with two attached hydrogens (primary N) is 1. The normalized spacial score (nSPS) is 16.3. The summed E-state index contributed by atoms with van der Waals surface area (Å²) in [6, 6.07) is 1.50. The molecule has 3 heterocycles. The molecule has 0 atom stereocenters. The molecule has 3 rings (SSSR count). The Balaban J connectivity index is 2.05. The fourth-order valence-electron chi connectivity index (χ4n) is 2.20. The van der Waals surface area contributed by atoms with Crippen LogP contribution in [0.5, 0.6) is 0 Å². The Labute approximate surface area is 97.9 Å². The minimum Gasteiger partial charge on any atom is -0.401 e. The van der Waals surface area contributed by atoms with Crippen LogP contribution in [-0.2, 0) is 0 Å². The predicted octanol–water partition coefficient (Wildman–Crippen LogP) is 1.75. The maximum absolute atomic E-state index is 13.2. The van der Waals surface area contributed by atoms with E-state index in [1.54, 1.807) is 0 Å². The van der Waals surface area contributed by atoms with Gasteiger partial charge >= 0.3 is 0 Å². The molecule has 0 fully saturated rings. The van der Waals surface area contributed by atoms with Crippen LogP contribution >= 0.6 is 0 Å². The number of anilines is 1. The second-order valence-electron chi connectivity index (χ2n) is 4.21.